The van der Waals surface area contributed by atoms with Gasteiger partial charge in [-0.05, 0) is 98.9 Å². The number of hydrogen-bond donors (Lipinski definition) is 2. The SMILES string of the molecule is Cc1ccc(NC2CN(C(=O)OC(C)OC(=O)OC3CCCCC3)C2)cc1C(=O)NC(C)c1cccc(-c2ccc(CC(C)C)s2)c1. The lowest BCUT2D eigenvalue weighted by atomic mass is 9.98. The maximum atomic E-state index is 13.4. The first kappa shape index (κ1) is 34.3. The first-order chi connectivity index (χ1) is 22.5. The zero-order valence-electron chi connectivity index (χ0n) is 28.0. The Labute approximate surface area is 282 Å². The van der Waals surface area contributed by atoms with Crippen LogP contribution in [0.15, 0.2) is 54.6 Å². The van der Waals surface area contributed by atoms with E-state index in [1.807, 2.05) is 55.5 Å². The summed E-state index contributed by atoms with van der Waals surface area (Å²) in [5, 5.41) is 6.58. The number of likely N-dealkylation sites (tertiary alicyclic amines) is 1. The van der Waals surface area contributed by atoms with Crippen LogP contribution in [0.1, 0.15) is 92.2 Å². The Bertz CT molecular complexity index is 1540. The van der Waals surface area contributed by atoms with Crippen molar-refractivity contribution in [3.05, 3.63) is 76.2 Å². The fourth-order valence-electron chi connectivity index (χ4n) is 6.00. The van der Waals surface area contributed by atoms with Gasteiger partial charge < -0.3 is 29.7 Å². The highest BCUT2D eigenvalue weighted by molar-refractivity contribution is 7.15. The van der Waals surface area contributed by atoms with Crippen LogP contribution >= 0.6 is 11.3 Å². The number of nitrogens with zero attached hydrogens (tertiary/aromatic N) is 1. The van der Waals surface area contributed by atoms with E-state index < -0.39 is 18.5 Å². The number of rotatable bonds is 11. The smallest absolute Gasteiger partial charge is 0.431 e. The van der Waals surface area contributed by atoms with Gasteiger partial charge in [0.25, 0.3) is 5.91 Å². The van der Waals surface area contributed by atoms with E-state index in [2.05, 4.69) is 48.7 Å². The molecular formula is C37H47N3O6S. The molecule has 1 aromatic heterocycles. The van der Waals surface area contributed by atoms with Crippen molar-refractivity contribution < 1.29 is 28.6 Å². The zero-order valence-corrected chi connectivity index (χ0v) is 28.9. The molecule has 9 nitrogen and oxygen atoms in total. The number of thiophene rings is 1. The van der Waals surface area contributed by atoms with E-state index in [-0.39, 0.29) is 24.1 Å². The van der Waals surface area contributed by atoms with Crippen LogP contribution in [0.4, 0.5) is 15.3 Å². The van der Waals surface area contributed by atoms with E-state index >= 15 is 0 Å². The maximum Gasteiger partial charge on any atom is 0.511 e. The second-order valence-corrected chi connectivity index (χ2v) is 14.3. The van der Waals surface area contributed by atoms with Crippen LogP contribution in [0.3, 0.4) is 0 Å². The van der Waals surface area contributed by atoms with Gasteiger partial charge >= 0.3 is 12.2 Å². The number of ether oxygens (including phenoxy) is 3. The van der Waals surface area contributed by atoms with Crippen molar-refractivity contribution in [2.75, 3.05) is 18.4 Å². The first-order valence-corrected chi connectivity index (χ1v) is 17.6. The molecule has 2 amide bonds. The van der Waals surface area contributed by atoms with Gasteiger partial charge in [0, 0.05) is 41.0 Å². The molecule has 2 unspecified atom stereocenters. The summed E-state index contributed by atoms with van der Waals surface area (Å²) in [4.78, 5) is 42.2. The summed E-state index contributed by atoms with van der Waals surface area (Å²) in [7, 11) is 0. The van der Waals surface area contributed by atoms with Crippen molar-refractivity contribution in [3.8, 4) is 10.4 Å². The molecule has 252 valence electrons. The van der Waals surface area contributed by atoms with Gasteiger partial charge in [-0.2, -0.15) is 0 Å². The molecule has 3 aromatic rings. The average molecular weight is 662 g/mol. The van der Waals surface area contributed by atoms with Gasteiger partial charge in [-0.1, -0.05) is 44.5 Å². The largest absolute Gasteiger partial charge is 0.511 e. The summed E-state index contributed by atoms with van der Waals surface area (Å²) in [5.74, 6) is 0.474. The van der Waals surface area contributed by atoms with Gasteiger partial charge in [0.1, 0.15) is 6.10 Å². The van der Waals surface area contributed by atoms with Crippen molar-refractivity contribution >= 4 is 35.2 Å². The topological polar surface area (TPSA) is 106 Å². The maximum absolute atomic E-state index is 13.4. The zero-order chi connectivity index (χ0) is 33.5. The molecule has 0 radical (unpaired) electrons. The highest BCUT2D eigenvalue weighted by Crippen LogP contribution is 2.31. The molecule has 10 heteroatoms. The van der Waals surface area contributed by atoms with Crippen LogP contribution in [0.5, 0.6) is 0 Å². The number of hydrogen-bond acceptors (Lipinski definition) is 8. The minimum atomic E-state index is -1.05. The lowest BCUT2D eigenvalue weighted by molar-refractivity contribution is -0.0955. The molecular weight excluding hydrogens is 614 g/mol. The molecule has 0 spiro atoms. The molecule has 5 rings (SSSR count). The second kappa shape index (κ2) is 15.7. The molecule has 2 aliphatic rings. The standard InChI is InChI=1S/C37H47N3O6S/c1-23(2)18-32-16-17-34(47-32)28-11-9-10-27(19-28)25(4)38-35(41)33-20-29(15-14-24(33)3)39-30-21-40(22-30)36(42)44-26(5)45-37(43)46-31-12-7-6-8-13-31/h9-11,14-17,19-20,23,25-26,30-31,39H,6-8,12-13,18,21-22H2,1-5H3,(H,38,41). The molecule has 47 heavy (non-hydrogen) atoms. The third-order valence-electron chi connectivity index (χ3n) is 8.63. The van der Waals surface area contributed by atoms with E-state index in [4.69, 9.17) is 14.2 Å². The molecule has 2 N–H and O–H groups in total. The number of amides is 2. The Morgan fingerprint density at radius 2 is 1.70 bits per heavy atom. The molecule has 2 fully saturated rings. The Balaban J connectivity index is 1.09. The molecule has 0 bridgehead atoms. The van der Waals surface area contributed by atoms with Crippen LogP contribution < -0.4 is 10.6 Å². The molecule has 1 aliphatic carbocycles. The predicted octanol–water partition coefficient (Wildman–Crippen LogP) is 8.48. The molecule has 2 atom stereocenters. The van der Waals surface area contributed by atoms with E-state index in [1.165, 1.54) is 21.6 Å². The van der Waals surface area contributed by atoms with Crippen molar-refractivity contribution in [1.82, 2.24) is 10.2 Å². The summed E-state index contributed by atoms with van der Waals surface area (Å²) >= 11 is 1.83. The Morgan fingerprint density at radius 3 is 2.45 bits per heavy atom. The lowest BCUT2D eigenvalue weighted by Gasteiger charge is -2.39. The number of nitrogens with one attached hydrogen (secondary N) is 2. The number of aryl methyl sites for hydroxylation is 1. The summed E-state index contributed by atoms with van der Waals surface area (Å²) in [6, 6.07) is 18.3. The molecule has 1 saturated carbocycles. The average Bonchev–Trinajstić information content (AvgIpc) is 3.47. The van der Waals surface area contributed by atoms with Crippen LogP contribution in [-0.2, 0) is 20.6 Å². The number of carbonyl (C=O) groups is 3. The Morgan fingerprint density at radius 1 is 0.936 bits per heavy atom. The van der Waals surface area contributed by atoms with Gasteiger partial charge in [0.05, 0.1) is 12.1 Å². The van der Waals surface area contributed by atoms with Gasteiger partial charge in [0.15, 0.2) is 0 Å². The van der Waals surface area contributed by atoms with Gasteiger partial charge in [-0.25, -0.2) is 9.59 Å². The molecule has 2 aromatic carbocycles. The minimum Gasteiger partial charge on any atom is -0.431 e. The van der Waals surface area contributed by atoms with Crippen molar-refractivity contribution in [3.63, 3.8) is 0 Å². The summed E-state index contributed by atoms with van der Waals surface area (Å²) in [6.07, 6.45) is 3.42. The highest BCUT2D eigenvalue weighted by atomic mass is 32.1. The van der Waals surface area contributed by atoms with Crippen LogP contribution in [0, 0.1) is 12.8 Å². The number of benzene rings is 2. The Kier molecular flexibility index (Phi) is 11.4. The molecule has 1 saturated heterocycles. The highest BCUT2D eigenvalue weighted by Gasteiger charge is 2.33. The number of carbonyl (C=O) groups excluding carboxylic acids is 3. The first-order valence-electron chi connectivity index (χ1n) is 16.7. The van der Waals surface area contributed by atoms with Crippen LogP contribution in [0.2, 0.25) is 0 Å². The van der Waals surface area contributed by atoms with E-state index in [0.717, 1.165) is 60.9 Å². The molecule has 1 aliphatic heterocycles. The van der Waals surface area contributed by atoms with E-state index in [1.54, 1.807) is 0 Å². The third kappa shape index (κ3) is 9.50. The number of anilines is 1. The minimum absolute atomic E-state index is 0.00590. The summed E-state index contributed by atoms with van der Waals surface area (Å²) < 4.78 is 15.7. The van der Waals surface area contributed by atoms with Gasteiger partial charge in [-0.3, -0.25) is 4.79 Å². The van der Waals surface area contributed by atoms with Crippen molar-refractivity contribution in [1.29, 1.82) is 0 Å². The summed E-state index contributed by atoms with van der Waals surface area (Å²) in [6.45, 7) is 10.7. The molecule has 2 heterocycles. The van der Waals surface area contributed by atoms with Crippen LogP contribution in [-0.4, -0.2) is 54.6 Å². The quantitative estimate of drug-likeness (QED) is 0.157. The normalized spacial score (nSPS) is 16.6. The Hall–Kier alpha value is -4.05. The van der Waals surface area contributed by atoms with Crippen LogP contribution in [0.25, 0.3) is 10.4 Å². The van der Waals surface area contributed by atoms with Gasteiger partial charge in [0.2, 0.25) is 6.29 Å². The summed E-state index contributed by atoms with van der Waals surface area (Å²) in [5.41, 5.74) is 4.47. The van der Waals surface area contributed by atoms with Crippen molar-refractivity contribution in [2.45, 2.75) is 97.6 Å². The van der Waals surface area contributed by atoms with E-state index in [0.29, 0.717) is 24.6 Å². The van der Waals surface area contributed by atoms with Crippen molar-refractivity contribution in [2.24, 2.45) is 5.92 Å². The fourth-order valence-corrected chi connectivity index (χ4v) is 7.21. The predicted molar refractivity (Wildman–Crippen MR) is 185 cm³/mol. The third-order valence-corrected chi connectivity index (χ3v) is 9.78. The second-order valence-electron chi connectivity index (χ2n) is 13.2. The van der Waals surface area contributed by atoms with Gasteiger partial charge in [-0.15, -0.1) is 11.3 Å². The lowest BCUT2D eigenvalue weighted by Crippen LogP contribution is -2.57. The van der Waals surface area contributed by atoms with E-state index in [9.17, 15) is 14.4 Å². The fraction of sp³-hybridized carbons (Fsp3) is 0.486. The monoisotopic (exact) mass is 661 g/mol.